The van der Waals surface area contributed by atoms with Crippen LogP contribution >= 0.6 is 0 Å². The van der Waals surface area contributed by atoms with Crippen LogP contribution in [-0.2, 0) is 6.42 Å². The van der Waals surface area contributed by atoms with Gasteiger partial charge in [0.25, 0.3) is 0 Å². The minimum absolute atomic E-state index is 0.305. The van der Waals surface area contributed by atoms with Gasteiger partial charge < -0.3 is 9.84 Å². The number of aryl methyl sites for hydroxylation is 1. The highest BCUT2D eigenvalue weighted by Gasteiger charge is 2.65. The van der Waals surface area contributed by atoms with Crippen LogP contribution in [0.3, 0.4) is 0 Å². The molecule has 120 valence electrons. The Bertz CT molecular complexity index is 590. The van der Waals surface area contributed by atoms with Gasteiger partial charge in [0, 0.05) is 17.4 Å². The van der Waals surface area contributed by atoms with Crippen LogP contribution in [0.25, 0.3) is 0 Å². The summed E-state index contributed by atoms with van der Waals surface area (Å²) >= 11 is 0. The van der Waals surface area contributed by atoms with Crippen molar-refractivity contribution in [1.29, 1.82) is 0 Å². The van der Waals surface area contributed by atoms with Crippen molar-refractivity contribution in [3.63, 3.8) is 0 Å². The predicted octanol–water partition coefficient (Wildman–Crippen LogP) is 5.04. The molecule has 1 N–H and O–H groups in total. The van der Waals surface area contributed by atoms with E-state index in [1.165, 1.54) is 37.7 Å². The minimum Gasteiger partial charge on any atom is -0.508 e. The highest BCUT2D eigenvalue weighted by molar-refractivity contribution is 5.54. The van der Waals surface area contributed by atoms with Crippen molar-refractivity contribution in [3.05, 3.63) is 23.3 Å². The van der Waals surface area contributed by atoms with E-state index in [2.05, 4.69) is 26.8 Å². The van der Waals surface area contributed by atoms with Gasteiger partial charge in [-0.1, -0.05) is 33.6 Å². The average molecular weight is 300 g/mol. The summed E-state index contributed by atoms with van der Waals surface area (Å²) in [6.07, 6.45) is 7.59. The zero-order valence-corrected chi connectivity index (χ0v) is 14.1. The van der Waals surface area contributed by atoms with E-state index in [1.54, 1.807) is 0 Å². The molecule has 1 aliphatic heterocycles. The smallest absolute Gasteiger partial charge is 0.127 e. The molecule has 0 amide bonds. The number of aromatic hydroxyl groups is 1. The van der Waals surface area contributed by atoms with Gasteiger partial charge in [-0.25, -0.2) is 0 Å². The number of hydrogen-bond acceptors (Lipinski definition) is 2. The van der Waals surface area contributed by atoms with Crippen LogP contribution in [0, 0.1) is 17.3 Å². The quantitative estimate of drug-likeness (QED) is 0.790. The second kappa shape index (κ2) is 4.91. The van der Waals surface area contributed by atoms with Crippen LogP contribution in [0.5, 0.6) is 11.5 Å². The fourth-order valence-electron chi connectivity index (χ4n) is 5.58. The monoisotopic (exact) mass is 300 g/mol. The van der Waals surface area contributed by atoms with Crippen molar-refractivity contribution in [1.82, 2.24) is 0 Å². The van der Waals surface area contributed by atoms with Gasteiger partial charge in [0.1, 0.15) is 17.6 Å². The second-order valence-corrected chi connectivity index (χ2v) is 8.20. The summed E-state index contributed by atoms with van der Waals surface area (Å²) < 4.78 is 6.32. The first kappa shape index (κ1) is 14.4. The fraction of sp³-hybridized carbons (Fsp3) is 0.700. The van der Waals surface area contributed by atoms with Gasteiger partial charge in [0.2, 0.25) is 0 Å². The maximum Gasteiger partial charge on any atom is 0.127 e. The van der Waals surface area contributed by atoms with Crippen LogP contribution in [0.15, 0.2) is 12.1 Å². The Balaban J connectivity index is 1.68. The predicted molar refractivity (Wildman–Crippen MR) is 88.5 cm³/mol. The van der Waals surface area contributed by atoms with Crippen molar-refractivity contribution in [2.24, 2.45) is 17.3 Å². The third-order valence-corrected chi connectivity index (χ3v) is 6.64. The first-order chi connectivity index (χ1) is 10.5. The summed E-state index contributed by atoms with van der Waals surface area (Å²) in [5.41, 5.74) is 2.64. The summed E-state index contributed by atoms with van der Waals surface area (Å²) in [5.74, 6) is 3.36. The van der Waals surface area contributed by atoms with Gasteiger partial charge in [-0.2, -0.15) is 0 Å². The average Bonchev–Trinajstić information content (AvgIpc) is 2.88. The molecule has 0 spiro atoms. The summed E-state index contributed by atoms with van der Waals surface area (Å²) in [6, 6.07) is 4.21. The van der Waals surface area contributed by atoms with Crippen molar-refractivity contribution in [2.75, 3.05) is 0 Å². The summed E-state index contributed by atoms with van der Waals surface area (Å²) in [5, 5.41) is 10.7. The molecule has 4 atom stereocenters. The molecular weight excluding hydrogens is 272 g/mol. The number of benzene rings is 1. The van der Waals surface area contributed by atoms with Gasteiger partial charge in [-0.15, -0.1) is 0 Å². The van der Waals surface area contributed by atoms with Crippen molar-refractivity contribution in [2.45, 2.75) is 71.3 Å². The van der Waals surface area contributed by atoms with E-state index in [0.29, 0.717) is 29.1 Å². The van der Waals surface area contributed by atoms with Crippen molar-refractivity contribution >= 4 is 0 Å². The summed E-state index contributed by atoms with van der Waals surface area (Å²) in [6.45, 7) is 6.98. The van der Waals surface area contributed by atoms with E-state index in [9.17, 15) is 5.11 Å². The zero-order chi connectivity index (χ0) is 15.5. The Kier molecular flexibility index (Phi) is 3.22. The number of phenols is 1. The molecule has 4 rings (SSSR count). The van der Waals surface area contributed by atoms with Crippen LogP contribution in [-0.4, -0.2) is 11.2 Å². The molecule has 1 aromatic carbocycles. The zero-order valence-electron chi connectivity index (χ0n) is 14.1. The Hall–Kier alpha value is -1.18. The molecule has 2 fully saturated rings. The number of phenolic OH excluding ortho intramolecular Hbond substituents is 1. The Labute approximate surface area is 133 Å². The summed E-state index contributed by atoms with van der Waals surface area (Å²) in [7, 11) is 0. The normalized spacial score (nSPS) is 33.6. The van der Waals surface area contributed by atoms with Crippen molar-refractivity contribution in [3.8, 4) is 11.5 Å². The molecule has 22 heavy (non-hydrogen) atoms. The highest BCUT2D eigenvalue weighted by atomic mass is 16.5. The lowest BCUT2D eigenvalue weighted by atomic mass is 9.46. The molecule has 1 unspecified atom stereocenters. The van der Waals surface area contributed by atoms with Crippen LogP contribution in [0.1, 0.15) is 69.9 Å². The lowest BCUT2D eigenvalue weighted by Crippen LogP contribution is -2.55. The lowest BCUT2D eigenvalue weighted by molar-refractivity contribution is -0.0797. The van der Waals surface area contributed by atoms with E-state index < -0.39 is 0 Å². The van der Waals surface area contributed by atoms with Gasteiger partial charge >= 0.3 is 0 Å². The Morgan fingerprint density at radius 2 is 2.05 bits per heavy atom. The maximum atomic E-state index is 10.7. The van der Waals surface area contributed by atoms with Gasteiger partial charge in [-0.05, 0) is 54.7 Å². The van der Waals surface area contributed by atoms with Crippen LogP contribution in [0.2, 0.25) is 0 Å². The molecule has 0 bridgehead atoms. The van der Waals surface area contributed by atoms with Crippen molar-refractivity contribution < 1.29 is 9.84 Å². The third-order valence-electron chi connectivity index (χ3n) is 6.64. The van der Waals surface area contributed by atoms with Gasteiger partial charge in [0.05, 0.1) is 0 Å². The molecule has 2 aliphatic carbocycles. The van der Waals surface area contributed by atoms with Crippen LogP contribution < -0.4 is 4.74 Å². The van der Waals surface area contributed by atoms with E-state index in [4.69, 9.17) is 4.74 Å². The molecule has 1 aromatic rings. The van der Waals surface area contributed by atoms with Gasteiger partial charge in [-0.3, -0.25) is 0 Å². The van der Waals surface area contributed by atoms with Crippen LogP contribution in [0.4, 0.5) is 0 Å². The topological polar surface area (TPSA) is 29.5 Å². The first-order valence-corrected chi connectivity index (χ1v) is 9.06. The molecule has 0 saturated heterocycles. The van der Waals surface area contributed by atoms with E-state index in [0.717, 1.165) is 23.7 Å². The number of unbranched alkanes of at least 4 members (excludes halogenated alkanes) is 2. The van der Waals surface area contributed by atoms with E-state index >= 15 is 0 Å². The number of rotatable bonds is 4. The minimum atomic E-state index is 0.305. The molecule has 3 aliphatic rings. The Morgan fingerprint density at radius 3 is 2.82 bits per heavy atom. The second-order valence-electron chi connectivity index (χ2n) is 8.20. The Morgan fingerprint density at radius 1 is 1.23 bits per heavy atom. The highest BCUT2D eigenvalue weighted by Crippen LogP contribution is 2.71. The molecule has 0 aromatic heterocycles. The molecule has 1 heterocycles. The number of fused-ring (bicyclic) bond motifs is 2. The molecule has 2 nitrogen and oxygen atoms in total. The lowest BCUT2D eigenvalue weighted by Gasteiger charge is -2.59. The van der Waals surface area contributed by atoms with E-state index in [1.807, 2.05) is 6.07 Å². The first-order valence-electron chi connectivity index (χ1n) is 9.06. The molecule has 2 saturated carbocycles. The van der Waals surface area contributed by atoms with Gasteiger partial charge in [0.15, 0.2) is 0 Å². The largest absolute Gasteiger partial charge is 0.508 e. The fourth-order valence-corrected chi connectivity index (χ4v) is 5.58. The third kappa shape index (κ3) is 1.85. The standard InChI is InChI=1S/C20H28O2/c1-4-5-6-7-12-10-14(21)18-16(11-12)22-15-9-8-13-17(15)19(18)20(13,2)3/h10-11,13,15,17,19,21H,4-9H2,1-3H3/t13?,15-,17+,19+/m1/s1. The molecular formula is C20H28O2. The molecule has 0 radical (unpaired) electrons. The maximum absolute atomic E-state index is 10.7. The summed E-state index contributed by atoms with van der Waals surface area (Å²) in [4.78, 5) is 0. The number of ether oxygens (including phenoxy) is 1. The van der Waals surface area contributed by atoms with E-state index in [-0.39, 0.29) is 0 Å². The SMILES string of the molecule is CCCCCc1cc(O)c2c(c1)O[C@@H]1CCC3[C@@H]1[C@@H]2C3(C)C. The number of hydrogen-bond donors (Lipinski definition) is 1. The molecule has 2 heteroatoms.